The summed E-state index contributed by atoms with van der Waals surface area (Å²) < 4.78 is 5.55. The number of methoxy groups -OCH3 is 1. The van der Waals surface area contributed by atoms with E-state index in [2.05, 4.69) is 34.8 Å². The normalized spacial score (nSPS) is 20.4. The number of rotatable bonds is 6. The van der Waals surface area contributed by atoms with Crippen LogP contribution >= 0.6 is 0 Å². The zero-order chi connectivity index (χ0) is 17.6. The summed E-state index contributed by atoms with van der Waals surface area (Å²) in [5.74, 6) is 1.46. The van der Waals surface area contributed by atoms with Crippen molar-refractivity contribution in [3.8, 4) is 16.9 Å². The molecule has 0 aliphatic heterocycles. The van der Waals surface area contributed by atoms with Gasteiger partial charge in [-0.1, -0.05) is 6.07 Å². The van der Waals surface area contributed by atoms with Crippen molar-refractivity contribution in [2.45, 2.75) is 44.3 Å². The number of nitrogen functional groups attached to an aromatic ring is 1. The number of benzene rings is 1. The fourth-order valence-electron chi connectivity index (χ4n) is 3.56. The molecule has 5 nitrogen and oxygen atoms in total. The van der Waals surface area contributed by atoms with Crippen molar-refractivity contribution >= 4 is 5.82 Å². The van der Waals surface area contributed by atoms with E-state index < -0.39 is 0 Å². The standard InChI is InChI=1S/C20H28N4O/c1-22-17-4-6-18(7-5-17)24-13-16-11-14(3-8-19(16)25-2)15-9-10-23-20(21)12-15/h3,8-12,17-18,22,24H,4-7,13H2,1-2H3,(H2,21,23). The average molecular weight is 340 g/mol. The van der Waals surface area contributed by atoms with E-state index in [1.165, 1.54) is 31.2 Å². The summed E-state index contributed by atoms with van der Waals surface area (Å²) in [7, 11) is 3.78. The third kappa shape index (κ3) is 4.50. The maximum Gasteiger partial charge on any atom is 0.123 e. The molecule has 3 rings (SSSR count). The van der Waals surface area contributed by atoms with Gasteiger partial charge in [-0.15, -0.1) is 0 Å². The number of anilines is 1. The van der Waals surface area contributed by atoms with E-state index in [0.717, 1.165) is 23.4 Å². The summed E-state index contributed by atoms with van der Waals surface area (Å²) in [5.41, 5.74) is 9.19. The SMILES string of the molecule is CNC1CCC(NCc2cc(-c3ccnc(N)c3)ccc2OC)CC1. The maximum absolute atomic E-state index is 5.82. The molecule has 1 aliphatic rings. The van der Waals surface area contributed by atoms with E-state index in [0.29, 0.717) is 17.9 Å². The van der Waals surface area contributed by atoms with Gasteiger partial charge in [0, 0.05) is 30.4 Å². The van der Waals surface area contributed by atoms with Gasteiger partial charge in [-0.05, 0) is 68.1 Å². The zero-order valence-corrected chi connectivity index (χ0v) is 15.1. The van der Waals surface area contributed by atoms with Gasteiger partial charge in [0.25, 0.3) is 0 Å². The Morgan fingerprint density at radius 3 is 2.48 bits per heavy atom. The smallest absolute Gasteiger partial charge is 0.123 e. The molecule has 1 saturated carbocycles. The number of aromatic nitrogens is 1. The second-order valence-corrected chi connectivity index (χ2v) is 6.71. The molecule has 25 heavy (non-hydrogen) atoms. The van der Waals surface area contributed by atoms with Gasteiger partial charge in [0.1, 0.15) is 11.6 Å². The van der Waals surface area contributed by atoms with Crippen LogP contribution in [-0.2, 0) is 6.54 Å². The first-order valence-electron chi connectivity index (χ1n) is 8.99. The van der Waals surface area contributed by atoms with Crippen LogP contribution in [0.1, 0.15) is 31.2 Å². The van der Waals surface area contributed by atoms with Crippen molar-refractivity contribution in [2.75, 3.05) is 19.9 Å². The van der Waals surface area contributed by atoms with Gasteiger partial charge in [-0.2, -0.15) is 0 Å². The molecule has 134 valence electrons. The molecule has 1 fully saturated rings. The number of nitrogens with two attached hydrogens (primary N) is 1. The lowest BCUT2D eigenvalue weighted by Gasteiger charge is -2.29. The van der Waals surface area contributed by atoms with Crippen LogP contribution in [0.4, 0.5) is 5.82 Å². The Kier molecular flexibility index (Phi) is 5.89. The van der Waals surface area contributed by atoms with Crippen LogP contribution in [0.5, 0.6) is 5.75 Å². The summed E-state index contributed by atoms with van der Waals surface area (Å²) in [5, 5.41) is 7.09. The van der Waals surface area contributed by atoms with Gasteiger partial charge in [-0.3, -0.25) is 0 Å². The van der Waals surface area contributed by atoms with Crippen molar-refractivity contribution < 1.29 is 4.74 Å². The highest BCUT2D eigenvalue weighted by atomic mass is 16.5. The van der Waals surface area contributed by atoms with Crippen LogP contribution in [0.3, 0.4) is 0 Å². The lowest BCUT2D eigenvalue weighted by molar-refractivity contribution is 0.315. The quantitative estimate of drug-likeness (QED) is 0.754. The molecule has 5 heteroatoms. The van der Waals surface area contributed by atoms with Crippen LogP contribution in [0.25, 0.3) is 11.1 Å². The Morgan fingerprint density at radius 1 is 1.08 bits per heavy atom. The minimum Gasteiger partial charge on any atom is -0.496 e. The van der Waals surface area contributed by atoms with Crippen molar-refractivity contribution in [3.63, 3.8) is 0 Å². The van der Waals surface area contributed by atoms with Crippen molar-refractivity contribution in [2.24, 2.45) is 0 Å². The average Bonchev–Trinajstić information content (AvgIpc) is 2.66. The predicted octanol–water partition coefficient (Wildman–Crippen LogP) is 2.96. The predicted molar refractivity (Wildman–Crippen MR) is 103 cm³/mol. The fraction of sp³-hybridized carbons (Fsp3) is 0.450. The molecule has 0 atom stereocenters. The van der Waals surface area contributed by atoms with Crippen molar-refractivity contribution in [3.05, 3.63) is 42.1 Å². The van der Waals surface area contributed by atoms with E-state index >= 15 is 0 Å². The van der Waals surface area contributed by atoms with E-state index in [4.69, 9.17) is 10.5 Å². The summed E-state index contributed by atoms with van der Waals surface area (Å²) in [6.45, 7) is 0.812. The van der Waals surface area contributed by atoms with Gasteiger partial charge >= 0.3 is 0 Å². The van der Waals surface area contributed by atoms with Crippen LogP contribution in [-0.4, -0.2) is 31.2 Å². The Hall–Kier alpha value is -2.11. The van der Waals surface area contributed by atoms with Crippen LogP contribution in [0, 0.1) is 0 Å². The summed E-state index contributed by atoms with van der Waals surface area (Å²) in [4.78, 5) is 4.07. The van der Waals surface area contributed by atoms with Crippen LogP contribution < -0.4 is 21.1 Å². The minimum atomic E-state index is 0.536. The lowest BCUT2D eigenvalue weighted by atomic mass is 9.91. The molecule has 0 spiro atoms. The van der Waals surface area contributed by atoms with E-state index in [9.17, 15) is 0 Å². The third-order valence-corrected chi connectivity index (χ3v) is 5.11. The molecule has 2 aromatic rings. The van der Waals surface area contributed by atoms with E-state index in [1.54, 1.807) is 13.3 Å². The number of pyridine rings is 1. The zero-order valence-electron chi connectivity index (χ0n) is 15.1. The molecule has 0 bridgehead atoms. The highest BCUT2D eigenvalue weighted by Crippen LogP contribution is 2.28. The molecule has 1 aromatic heterocycles. The summed E-state index contributed by atoms with van der Waals surface area (Å²) >= 11 is 0. The van der Waals surface area contributed by atoms with Crippen molar-refractivity contribution in [1.29, 1.82) is 0 Å². The van der Waals surface area contributed by atoms with Gasteiger partial charge < -0.3 is 21.1 Å². The van der Waals surface area contributed by atoms with Crippen molar-refractivity contribution in [1.82, 2.24) is 15.6 Å². The molecule has 4 N–H and O–H groups in total. The number of hydrogen-bond acceptors (Lipinski definition) is 5. The Morgan fingerprint density at radius 2 is 1.80 bits per heavy atom. The van der Waals surface area contributed by atoms with E-state index in [1.807, 2.05) is 18.2 Å². The molecule has 0 unspecified atom stereocenters. The number of nitrogens with one attached hydrogen (secondary N) is 2. The number of ether oxygens (including phenoxy) is 1. The summed E-state index contributed by atoms with van der Waals surface area (Å²) in [6, 6.07) is 11.4. The molecular weight excluding hydrogens is 312 g/mol. The topological polar surface area (TPSA) is 72.2 Å². The Bertz CT molecular complexity index is 696. The monoisotopic (exact) mass is 340 g/mol. The minimum absolute atomic E-state index is 0.536. The molecule has 1 aliphatic carbocycles. The highest BCUT2D eigenvalue weighted by Gasteiger charge is 2.19. The van der Waals surface area contributed by atoms with Gasteiger partial charge in [-0.25, -0.2) is 4.98 Å². The fourth-order valence-corrected chi connectivity index (χ4v) is 3.56. The van der Waals surface area contributed by atoms with Gasteiger partial charge in [0.15, 0.2) is 0 Å². The Labute approximate surface area is 150 Å². The first-order chi connectivity index (χ1) is 12.2. The first kappa shape index (κ1) is 17.7. The van der Waals surface area contributed by atoms with Crippen LogP contribution in [0.15, 0.2) is 36.5 Å². The third-order valence-electron chi connectivity index (χ3n) is 5.11. The van der Waals surface area contributed by atoms with Crippen LogP contribution in [0.2, 0.25) is 0 Å². The summed E-state index contributed by atoms with van der Waals surface area (Å²) in [6.07, 6.45) is 6.65. The molecule has 1 heterocycles. The number of nitrogens with zero attached hydrogens (tertiary/aromatic N) is 1. The Balaban J connectivity index is 1.70. The lowest BCUT2D eigenvalue weighted by Crippen LogP contribution is -2.38. The molecule has 1 aromatic carbocycles. The molecule has 0 radical (unpaired) electrons. The number of hydrogen-bond donors (Lipinski definition) is 3. The second kappa shape index (κ2) is 8.32. The molecule has 0 saturated heterocycles. The van der Waals surface area contributed by atoms with Gasteiger partial charge in [0.05, 0.1) is 7.11 Å². The molecule has 0 amide bonds. The highest BCUT2D eigenvalue weighted by molar-refractivity contribution is 5.67. The molecular formula is C20H28N4O. The second-order valence-electron chi connectivity index (χ2n) is 6.71. The first-order valence-corrected chi connectivity index (χ1v) is 8.99. The van der Waals surface area contributed by atoms with Gasteiger partial charge in [0.2, 0.25) is 0 Å². The maximum atomic E-state index is 5.82. The largest absolute Gasteiger partial charge is 0.496 e. The van der Waals surface area contributed by atoms with E-state index in [-0.39, 0.29) is 0 Å².